The summed E-state index contributed by atoms with van der Waals surface area (Å²) in [6, 6.07) is 0. The molecule has 1 nitrogen and oxygen atoms in total. The zero-order valence-electron chi connectivity index (χ0n) is 8.27. The van der Waals surface area contributed by atoms with E-state index in [1.54, 1.807) is 0 Å². The van der Waals surface area contributed by atoms with Gasteiger partial charge in [0.25, 0.3) is 0 Å². The van der Waals surface area contributed by atoms with Gasteiger partial charge in [0, 0.05) is 0 Å². The zero-order valence-corrected chi connectivity index (χ0v) is 8.27. The monoisotopic (exact) mass is 156 g/mol. The van der Waals surface area contributed by atoms with Gasteiger partial charge in [0.1, 0.15) is 0 Å². The summed E-state index contributed by atoms with van der Waals surface area (Å²) < 4.78 is 1.25. The highest BCUT2D eigenvalue weighted by Crippen LogP contribution is 2.23. The summed E-state index contributed by atoms with van der Waals surface area (Å²) in [6.45, 7) is 5.09. The molecule has 0 unspecified atom stereocenters. The van der Waals surface area contributed by atoms with Crippen molar-refractivity contribution in [2.45, 2.75) is 32.6 Å². The second kappa shape index (κ2) is 3.57. The first-order valence-electron chi connectivity index (χ1n) is 4.96. The first kappa shape index (κ1) is 9.05. The van der Waals surface area contributed by atoms with E-state index in [1.807, 2.05) is 0 Å². The number of hydrogen-bond acceptors (Lipinski definition) is 0. The van der Waals surface area contributed by atoms with E-state index in [0.29, 0.717) is 0 Å². The quantitative estimate of drug-likeness (QED) is 0.538. The summed E-state index contributed by atoms with van der Waals surface area (Å²) >= 11 is 0. The van der Waals surface area contributed by atoms with Crippen LogP contribution in [0.4, 0.5) is 0 Å². The van der Waals surface area contributed by atoms with Gasteiger partial charge in [-0.15, -0.1) is 0 Å². The van der Waals surface area contributed by atoms with Crippen LogP contribution in [0.3, 0.4) is 0 Å². The first-order valence-corrected chi connectivity index (χ1v) is 4.96. The molecular formula is C10H22N+. The van der Waals surface area contributed by atoms with E-state index >= 15 is 0 Å². The number of quaternary nitrogens is 1. The van der Waals surface area contributed by atoms with Crippen molar-refractivity contribution in [2.24, 2.45) is 5.92 Å². The highest BCUT2D eigenvalue weighted by atomic mass is 15.3. The summed E-state index contributed by atoms with van der Waals surface area (Å²) in [6.07, 6.45) is 5.75. The summed E-state index contributed by atoms with van der Waals surface area (Å²) in [4.78, 5) is 0. The molecule has 0 spiro atoms. The van der Waals surface area contributed by atoms with Crippen molar-refractivity contribution in [2.75, 3.05) is 27.2 Å². The van der Waals surface area contributed by atoms with Gasteiger partial charge >= 0.3 is 0 Å². The Hall–Kier alpha value is -0.0400. The predicted molar refractivity (Wildman–Crippen MR) is 49.5 cm³/mol. The third-order valence-corrected chi connectivity index (χ3v) is 2.98. The molecule has 0 aromatic heterocycles. The molecule has 0 saturated carbocycles. The van der Waals surface area contributed by atoms with Crippen molar-refractivity contribution in [1.82, 2.24) is 0 Å². The molecular weight excluding hydrogens is 134 g/mol. The molecule has 1 aliphatic heterocycles. The number of piperidine rings is 1. The lowest BCUT2D eigenvalue weighted by Crippen LogP contribution is -2.46. The number of rotatable bonds is 2. The van der Waals surface area contributed by atoms with Gasteiger partial charge in [0.05, 0.1) is 27.2 Å². The molecule has 0 aliphatic carbocycles. The smallest absolute Gasteiger partial charge is 0.0785 e. The minimum absolute atomic E-state index is 1.05. The van der Waals surface area contributed by atoms with Gasteiger partial charge in [0.2, 0.25) is 0 Å². The molecule has 0 amide bonds. The Morgan fingerprint density at radius 2 is 1.73 bits per heavy atom. The normalized spacial score (nSPS) is 25.4. The van der Waals surface area contributed by atoms with E-state index in [2.05, 4.69) is 21.0 Å². The Morgan fingerprint density at radius 1 is 1.18 bits per heavy atom. The van der Waals surface area contributed by atoms with Gasteiger partial charge in [-0.3, -0.25) is 0 Å². The molecule has 66 valence electrons. The van der Waals surface area contributed by atoms with Crippen LogP contribution in [0.1, 0.15) is 32.6 Å². The number of nitrogens with zero attached hydrogens (tertiary/aromatic N) is 1. The third kappa shape index (κ3) is 2.82. The molecule has 1 saturated heterocycles. The SMILES string of the molecule is CCCC1CC[N+](C)(C)CC1. The Balaban J connectivity index is 2.25. The third-order valence-electron chi connectivity index (χ3n) is 2.98. The van der Waals surface area contributed by atoms with Crippen LogP contribution in [0.2, 0.25) is 0 Å². The molecule has 0 aromatic rings. The van der Waals surface area contributed by atoms with E-state index < -0.39 is 0 Å². The van der Waals surface area contributed by atoms with Crippen LogP contribution >= 0.6 is 0 Å². The highest BCUT2D eigenvalue weighted by Gasteiger charge is 2.24. The second-order valence-corrected chi connectivity index (χ2v) is 4.61. The molecule has 1 aliphatic rings. The van der Waals surface area contributed by atoms with Gasteiger partial charge < -0.3 is 4.48 Å². The molecule has 1 fully saturated rings. The maximum Gasteiger partial charge on any atom is 0.0785 e. The van der Waals surface area contributed by atoms with Crippen molar-refractivity contribution in [3.05, 3.63) is 0 Å². The molecule has 1 rings (SSSR count). The molecule has 1 heteroatoms. The maximum atomic E-state index is 2.35. The topological polar surface area (TPSA) is 0 Å². The fourth-order valence-electron chi connectivity index (χ4n) is 2.02. The molecule has 1 heterocycles. The molecule has 11 heavy (non-hydrogen) atoms. The average Bonchev–Trinajstić information content (AvgIpc) is 1.94. The Bertz CT molecular complexity index is 108. The van der Waals surface area contributed by atoms with Crippen LogP contribution < -0.4 is 0 Å². The van der Waals surface area contributed by atoms with E-state index in [4.69, 9.17) is 0 Å². The fraction of sp³-hybridized carbons (Fsp3) is 1.00. The molecule has 0 aromatic carbocycles. The van der Waals surface area contributed by atoms with Gasteiger partial charge in [-0.2, -0.15) is 0 Å². The van der Waals surface area contributed by atoms with Crippen molar-refractivity contribution < 1.29 is 4.48 Å². The summed E-state index contributed by atoms with van der Waals surface area (Å²) in [7, 11) is 4.70. The van der Waals surface area contributed by atoms with Crippen molar-refractivity contribution in [1.29, 1.82) is 0 Å². The highest BCUT2D eigenvalue weighted by molar-refractivity contribution is 4.62. The van der Waals surface area contributed by atoms with Gasteiger partial charge in [0.15, 0.2) is 0 Å². The lowest BCUT2D eigenvalue weighted by atomic mass is 9.92. The largest absolute Gasteiger partial charge is 0.328 e. The summed E-state index contributed by atoms with van der Waals surface area (Å²) in [5.41, 5.74) is 0. The molecule has 0 bridgehead atoms. The Labute approximate surface area is 71.0 Å². The van der Waals surface area contributed by atoms with Crippen molar-refractivity contribution in [3.8, 4) is 0 Å². The molecule has 0 atom stereocenters. The standard InChI is InChI=1S/C10H22N/c1-4-5-10-6-8-11(2,3)9-7-10/h10H,4-9H2,1-3H3/q+1. The Morgan fingerprint density at radius 3 is 2.18 bits per heavy atom. The number of likely N-dealkylation sites (tertiary alicyclic amines) is 1. The van der Waals surface area contributed by atoms with Crippen LogP contribution in [0.15, 0.2) is 0 Å². The van der Waals surface area contributed by atoms with Crippen LogP contribution in [-0.2, 0) is 0 Å². The van der Waals surface area contributed by atoms with Gasteiger partial charge in [-0.05, 0) is 18.8 Å². The van der Waals surface area contributed by atoms with Crippen LogP contribution in [0.5, 0.6) is 0 Å². The van der Waals surface area contributed by atoms with E-state index in [9.17, 15) is 0 Å². The average molecular weight is 156 g/mol. The van der Waals surface area contributed by atoms with Crippen molar-refractivity contribution >= 4 is 0 Å². The number of hydrogen-bond donors (Lipinski definition) is 0. The lowest BCUT2D eigenvalue weighted by molar-refractivity contribution is -0.896. The molecule has 0 radical (unpaired) electrons. The van der Waals surface area contributed by atoms with Gasteiger partial charge in [-0.1, -0.05) is 19.8 Å². The van der Waals surface area contributed by atoms with E-state index in [1.165, 1.54) is 43.3 Å². The lowest BCUT2D eigenvalue weighted by Gasteiger charge is -2.37. The van der Waals surface area contributed by atoms with Crippen LogP contribution in [0, 0.1) is 5.92 Å². The maximum absolute atomic E-state index is 2.35. The van der Waals surface area contributed by atoms with E-state index in [0.717, 1.165) is 5.92 Å². The summed E-state index contributed by atoms with van der Waals surface area (Å²) in [5.74, 6) is 1.05. The van der Waals surface area contributed by atoms with Crippen LogP contribution in [-0.4, -0.2) is 31.7 Å². The fourth-order valence-corrected chi connectivity index (χ4v) is 2.02. The first-order chi connectivity index (χ1) is 5.14. The van der Waals surface area contributed by atoms with Crippen molar-refractivity contribution in [3.63, 3.8) is 0 Å². The minimum Gasteiger partial charge on any atom is -0.328 e. The Kier molecular flexibility index (Phi) is 2.94. The second-order valence-electron chi connectivity index (χ2n) is 4.61. The summed E-state index contributed by atoms with van der Waals surface area (Å²) in [5, 5.41) is 0. The van der Waals surface area contributed by atoms with Crippen LogP contribution in [0.25, 0.3) is 0 Å². The van der Waals surface area contributed by atoms with Gasteiger partial charge in [-0.25, -0.2) is 0 Å². The molecule has 0 N–H and O–H groups in total. The minimum atomic E-state index is 1.05. The zero-order chi connectivity index (χ0) is 8.32. The predicted octanol–water partition coefficient (Wildman–Crippen LogP) is 2.27. The van der Waals surface area contributed by atoms with E-state index in [-0.39, 0.29) is 0 Å².